The van der Waals surface area contributed by atoms with Crippen LogP contribution in [-0.2, 0) is 13.0 Å². The van der Waals surface area contributed by atoms with Crippen molar-refractivity contribution >= 4 is 29.2 Å². The molecule has 0 spiro atoms. The molecule has 0 unspecified atom stereocenters. The molecule has 3 fully saturated rings. The summed E-state index contributed by atoms with van der Waals surface area (Å²) in [4.78, 5) is 15.7. The van der Waals surface area contributed by atoms with E-state index in [2.05, 4.69) is 39.0 Å². The zero-order valence-corrected chi connectivity index (χ0v) is 15.4. The Morgan fingerprint density at radius 3 is 2.64 bits per heavy atom. The normalized spacial score (nSPS) is 27.6. The van der Waals surface area contributed by atoms with Crippen molar-refractivity contribution in [1.29, 1.82) is 0 Å². The van der Waals surface area contributed by atoms with Gasteiger partial charge in [0.1, 0.15) is 0 Å². The molecule has 2 bridgehead atoms. The Labute approximate surface area is 155 Å². The summed E-state index contributed by atoms with van der Waals surface area (Å²) in [7, 11) is 0. The fraction of sp³-hybridized carbons (Fsp3) is 0.550. The van der Waals surface area contributed by atoms with Crippen LogP contribution >= 0.6 is 12.4 Å². The van der Waals surface area contributed by atoms with Gasteiger partial charge in [0, 0.05) is 35.7 Å². The van der Waals surface area contributed by atoms with E-state index >= 15 is 0 Å². The van der Waals surface area contributed by atoms with Crippen molar-refractivity contribution in [3.8, 4) is 0 Å². The first kappa shape index (κ1) is 16.9. The molecule has 6 rings (SSSR count). The van der Waals surface area contributed by atoms with Crippen LogP contribution in [0.15, 0.2) is 24.3 Å². The SMILES string of the molecule is Cl.O=C(N[C@H]1CN2CCC1CC2)c1c2n(c3ccccc13)CCCC2. The van der Waals surface area contributed by atoms with Crippen LogP contribution in [-0.4, -0.2) is 41.1 Å². The van der Waals surface area contributed by atoms with E-state index in [1.54, 1.807) is 0 Å². The standard InChI is InChI=1S/C20H25N3O.ClH/c24-20(21-16-13-22-11-8-14(16)9-12-22)19-15-5-1-2-6-17(15)23-10-4-3-7-18(19)23;/h1-2,5-6,14,16H,3-4,7-13H2,(H,21,24);1H/t16-;/m0./s1. The number of fused-ring (bicyclic) bond motifs is 6. The van der Waals surface area contributed by atoms with Crippen LogP contribution < -0.4 is 5.32 Å². The number of nitrogens with one attached hydrogen (secondary N) is 1. The van der Waals surface area contributed by atoms with E-state index in [9.17, 15) is 4.79 Å². The second kappa shape index (κ2) is 6.65. The number of rotatable bonds is 2. The molecule has 1 atom stereocenters. The molecule has 3 saturated heterocycles. The molecule has 4 aliphatic heterocycles. The van der Waals surface area contributed by atoms with Crippen LogP contribution in [0.3, 0.4) is 0 Å². The first-order valence-electron chi connectivity index (χ1n) is 9.44. The average molecular weight is 360 g/mol. The number of nitrogens with zero attached hydrogens (tertiary/aromatic N) is 2. The minimum absolute atomic E-state index is 0. The minimum atomic E-state index is 0. The first-order valence-corrected chi connectivity index (χ1v) is 9.44. The molecule has 25 heavy (non-hydrogen) atoms. The summed E-state index contributed by atoms with van der Waals surface area (Å²) in [6, 6.07) is 8.75. The van der Waals surface area contributed by atoms with Crippen molar-refractivity contribution in [1.82, 2.24) is 14.8 Å². The summed E-state index contributed by atoms with van der Waals surface area (Å²) in [6.45, 7) is 4.50. The van der Waals surface area contributed by atoms with Gasteiger partial charge in [-0.1, -0.05) is 18.2 Å². The molecule has 2 aromatic rings. The fourth-order valence-corrected chi connectivity index (χ4v) is 5.06. The maximum Gasteiger partial charge on any atom is 0.254 e. The van der Waals surface area contributed by atoms with Crippen molar-refractivity contribution in [2.75, 3.05) is 19.6 Å². The van der Waals surface area contributed by atoms with Crippen LogP contribution in [0.2, 0.25) is 0 Å². The van der Waals surface area contributed by atoms with Gasteiger partial charge < -0.3 is 14.8 Å². The topological polar surface area (TPSA) is 37.3 Å². The highest BCUT2D eigenvalue weighted by atomic mass is 35.5. The lowest BCUT2D eigenvalue weighted by Gasteiger charge is -2.44. The highest BCUT2D eigenvalue weighted by Gasteiger charge is 2.36. The summed E-state index contributed by atoms with van der Waals surface area (Å²) in [5.41, 5.74) is 3.43. The summed E-state index contributed by atoms with van der Waals surface area (Å²) in [5, 5.41) is 4.53. The second-order valence-electron chi connectivity index (χ2n) is 7.67. The monoisotopic (exact) mass is 359 g/mol. The molecule has 134 valence electrons. The summed E-state index contributed by atoms with van der Waals surface area (Å²) >= 11 is 0. The first-order chi connectivity index (χ1) is 11.8. The minimum Gasteiger partial charge on any atom is -0.348 e. The van der Waals surface area contributed by atoms with Crippen molar-refractivity contribution in [2.24, 2.45) is 5.92 Å². The zero-order chi connectivity index (χ0) is 16.1. The quantitative estimate of drug-likeness (QED) is 0.893. The number of piperidine rings is 3. The molecular weight excluding hydrogens is 334 g/mol. The van der Waals surface area contributed by atoms with E-state index in [1.165, 1.54) is 50.0 Å². The largest absolute Gasteiger partial charge is 0.348 e. The van der Waals surface area contributed by atoms with Gasteiger partial charge in [-0.15, -0.1) is 12.4 Å². The number of benzene rings is 1. The second-order valence-corrected chi connectivity index (χ2v) is 7.67. The number of hydrogen-bond acceptors (Lipinski definition) is 2. The lowest BCUT2D eigenvalue weighted by molar-refractivity contribution is 0.0620. The number of aryl methyl sites for hydroxylation is 1. The third-order valence-corrected chi connectivity index (χ3v) is 6.32. The predicted molar refractivity (Wildman–Crippen MR) is 103 cm³/mol. The molecule has 4 aliphatic rings. The van der Waals surface area contributed by atoms with Gasteiger partial charge in [-0.05, 0) is 57.2 Å². The molecule has 1 aromatic carbocycles. The van der Waals surface area contributed by atoms with Crippen LogP contribution in [0.25, 0.3) is 10.9 Å². The van der Waals surface area contributed by atoms with Crippen molar-refractivity contribution < 1.29 is 4.79 Å². The molecule has 0 radical (unpaired) electrons. The Balaban J connectivity index is 0.00000157. The zero-order valence-electron chi connectivity index (χ0n) is 14.5. The van der Waals surface area contributed by atoms with Crippen LogP contribution in [0, 0.1) is 5.92 Å². The van der Waals surface area contributed by atoms with Gasteiger partial charge in [0.05, 0.1) is 5.56 Å². The number of carbonyl (C=O) groups is 1. The van der Waals surface area contributed by atoms with Crippen LogP contribution in [0.4, 0.5) is 0 Å². The van der Waals surface area contributed by atoms with Crippen molar-refractivity contribution in [2.45, 2.75) is 44.7 Å². The molecule has 0 aliphatic carbocycles. The summed E-state index contributed by atoms with van der Waals surface area (Å²) < 4.78 is 2.38. The third-order valence-electron chi connectivity index (χ3n) is 6.32. The lowest BCUT2D eigenvalue weighted by Crippen LogP contribution is -2.57. The predicted octanol–water partition coefficient (Wildman–Crippen LogP) is 3.22. The number of halogens is 1. The number of carbonyl (C=O) groups excluding carboxylic acids is 1. The smallest absolute Gasteiger partial charge is 0.254 e. The summed E-state index contributed by atoms with van der Waals surface area (Å²) in [5.74, 6) is 0.823. The van der Waals surface area contributed by atoms with E-state index in [1.807, 2.05) is 0 Å². The lowest BCUT2D eigenvalue weighted by atomic mass is 9.84. The molecule has 1 N–H and O–H groups in total. The molecule has 5 heteroatoms. The molecular formula is C20H26ClN3O. The summed E-state index contributed by atoms with van der Waals surface area (Å²) in [6.07, 6.45) is 5.90. The highest BCUT2D eigenvalue weighted by Crippen LogP contribution is 2.32. The van der Waals surface area contributed by atoms with E-state index < -0.39 is 0 Å². The fourth-order valence-electron chi connectivity index (χ4n) is 5.06. The Kier molecular flexibility index (Phi) is 4.50. The van der Waals surface area contributed by atoms with E-state index in [0.717, 1.165) is 30.5 Å². The number of hydrogen-bond donors (Lipinski definition) is 1. The van der Waals surface area contributed by atoms with E-state index in [-0.39, 0.29) is 18.3 Å². The van der Waals surface area contributed by atoms with E-state index in [4.69, 9.17) is 0 Å². The molecule has 1 aromatic heterocycles. The molecule has 0 saturated carbocycles. The molecule has 1 amide bonds. The van der Waals surface area contributed by atoms with E-state index in [0.29, 0.717) is 12.0 Å². The highest BCUT2D eigenvalue weighted by molar-refractivity contribution is 6.08. The van der Waals surface area contributed by atoms with Gasteiger partial charge in [-0.2, -0.15) is 0 Å². The number of para-hydroxylation sites is 1. The molecule has 4 nitrogen and oxygen atoms in total. The maximum atomic E-state index is 13.2. The van der Waals surface area contributed by atoms with Crippen LogP contribution in [0.5, 0.6) is 0 Å². The van der Waals surface area contributed by atoms with Crippen LogP contribution in [0.1, 0.15) is 41.7 Å². The third kappa shape index (κ3) is 2.76. The van der Waals surface area contributed by atoms with Gasteiger partial charge in [0.25, 0.3) is 5.91 Å². The average Bonchev–Trinajstić information content (AvgIpc) is 2.97. The van der Waals surface area contributed by atoms with Crippen molar-refractivity contribution in [3.05, 3.63) is 35.5 Å². The van der Waals surface area contributed by atoms with Gasteiger partial charge >= 0.3 is 0 Å². The maximum absolute atomic E-state index is 13.2. The van der Waals surface area contributed by atoms with Gasteiger partial charge in [-0.3, -0.25) is 4.79 Å². The molecule has 5 heterocycles. The van der Waals surface area contributed by atoms with Gasteiger partial charge in [0.15, 0.2) is 0 Å². The number of aromatic nitrogens is 1. The Morgan fingerprint density at radius 2 is 1.88 bits per heavy atom. The van der Waals surface area contributed by atoms with Crippen molar-refractivity contribution in [3.63, 3.8) is 0 Å². The van der Waals surface area contributed by atoms with Gasteiger partial charge in [-0.25, -0.2) is 0 Å². The Morgan fingerprint density at radius 1 is 1.08 bits per heavy atom. The van der Waals surface area contributed by atoms with Gasteiger partial charge in [0.2, 0.25) is 0 Å². The number of amides is 1. The Bertz CT molecular complexity index is 792. The Hall–Kier alpha value is -1.52.